The highest BCUT2D eigenvalue weighted by Gasteiger charge is 2.52. The van der Waals surface area contributed by atoms with Gasteiger partial charge in [0, 0.05) is 0 Å². The van der Waals surface area contributed by atoms with Crippen LogP contribution in [0.3, 0.4) is 0 Å². The van der Waals surface area contributed by atoms with Crippen LogP contribution in [0, 0.1) is 16.7 Å². The molecule has 1 aromatic rings. The van der Waals surface area contributed by atoms with Crippen LogP contribution < -0.4 is 5.32 Å². The van der Waals surface area contributed by atoms with Gasteiger partial charge in [0.1, 0.15) is 11.5 Å². The standard InChI is InChI=1S/C14H14N2O3/c1-19-13(18)14(7-4-8-14)12(17)16-11-6-3-2-5-10(11)9-15/h2-3,5-6H,4,7-8H2,1H3,(H,16,17). The van der Waals surface area contributed by atoms with Crippen molar-refractivity contribution in [3.8, 4) is 6.07 Å². The van der Waals surface area contributed by atoms with E-state index in [4.69, 9.17) is 10.00 Å². The van der Waals surface area contributed by atoms with Gasteiger partial charge in [0.05, 0.1) is 18.4 Å². The lowest BCUT2D eigenvalue weighted by Crippen LogP contribution is -2.48. The first-order valence-electron chi connectivity index (χ1n) is 6.03. The molecule has 2 rings (SSSR count). The van der Waals surface area contributed by atoms with Crippen molar-refractivity contribution >= 4 is 17.6 Å². The van der Waals surface area contributed by atoms with Crippen molar-refractivity contribution in [3.05, 3.63) is 29.8 Å². The molecule has 0 aromatic heterocycles. The second-order valence-corrected chi connectivity index (χ2v) is 4.54. The summed E-state index contributed by atoms with van der Waals surface area (Å²) in [4.78, 5) is 24.0. The van der Waals surface area contributed by atoms with Crippen molar-refractivity contribution in [2.24, 2.45) is 5.41 Å². The van der Waals surface area contributed by atoms with E-state index in [0.29, 0.717) is 24.1 Å². The molecule has 0 spiro atoms. The third-order valence-corrected chi connectivity index (χ3v) is 3.51. The smallest absolute Gasteiger partial charge is 0.321 e. The van der Waals surface area contributed by atoms with Crippen molar-refractivity contribution in [2.45, 2.75) is 19.3 Å². The maximum Gasteiger partial charge on any atom is 0.321 e. The zero-order valence-corrected chi connectivity index (χ0v) is 10.6. The van der Waals surface area contributed by atoms with Gasteiger partial charge in [-0.1, -0.05) is 18.6 Å². The molecule has 0 bridgehead atoms. The van der Waals surface area contributed by atoms with E-state index in [0.717, 1.165) is 6.42 Å². The van der Waals surface area contributed by atoms with Crippen LogP contribution in [0.15, 0.2) is 24.3 Å². The summed E-state index contributed by atoms with van der Waals surface area (Å²) in [7, 11) is 1.28. The maximum atomic E-state index is 12.3. The van der Waals surface area contributed by atoms with Crippen molar-refractivity contribution < 1.29 is 14.3 Å². The molecule has 0 unspecified atom stereocenters. The van der Waals surface area contributed by atoms with E-state index < -0.39 is 17.3 Å². The number of methoxy groups -OCH3 is 1. The molecule has 1 N–H and O–H groups in total. The predicted octanol–water partition coefficient (Wildman–Crippen LogP) is 1.84. The number of rotatable bonds is 3. The Morgan fingerprint density at radius 2 is 2.05 bits per heavy atom. The molecular formula is C14H14N2O3. The number of hydrogen-bond donors (Lipinski definition) is 1. The Hall–Kier alpha value is -2.35. The van der Waals surface area contributed by atoms with Crippen LogP contribution in [0.4, 0.5) is 5.69 Å². The molecule has 1 aliphatic carbocycles. The Labute approximate surface area is 111 Å². The number of amides is 1. The van der Waals surface area contributed by atoms with Gasteiger partial charge in [0.25, 0.3) is 0 Å². The highest BCUT2D eigenvalue weighted by Crippen LogP contribution is 2.43. The van der Waals surface area contributed by atoms with Gasteiger partial charge >= 0.3 is 5.97 Å². The minimum atomic E-state index is -1.09. The lowest BCUT2D eigenvalue weighted by atomic mass is 9.68. The highest BCUT2D eigenvalue weighted by atomic mass is 16.5. The average molecular weight is 258 g/mol. The van der Waals surface area contributed by atoms with Crippen LogP contribution in [0.1, 0.15) is 24.8 Å². The van der Waals surface area contributed by atoms with Gasteiger partial charge < -0.3 is 10.1 Å². The van der Waals surface area contributed by atoms with Crippen molar-refractivity contribution in [3.63, 3.8) is 0 Å². The fraction of sp³-hybridized carbons (Fsp3) is 0.357. The van der Waals surface area contributed by atoms with Gasteiger partial charge in [-0.15, -0.1) is 0 Å². The number of carbonyl (C=O) groups excluding carboxylic acids is 2. The van der Waals surface area contributed by atoms with Crippen LogP contribution in [0.2, 0.25) is 0 Å². The molecule has 0 radical (unpaired) electrons. The molecule has 98 valence electrons. The number of ether oxygens (including phenoxy) is 1. The van der Waals surface area contributed by atoms with Crippen molar-refractivity contribution in [1.82, 2.24) is 0 Å². The third kappa shape index (κ3) is 2.17. The number of nitrogens with zero attached hydrogens (tertiary/aromatic N) is 1. The molecule has 1 aliphatic rings. The minimum absolute atomic E-state index is 0.371. The summed E-state index contributed by atoms with van der Waals surface area (Å²) in [6.07, 6.45) is 1.79. The highest BCUT2D eigenvalue weighted by molar-refractivity contribution is 6.10. The first-order chi connectivity index (χ1) is 9.14. The lowest BCUT2D eigenvalue weighted by molar-refractivity contribution is -0.163. The van der Waals surface area contributed by atoms with E-state index in [1.165, 1.54) is 7.11 Å². The van der Waals surface area contributed by atoms with E-state index in [9.17, 15) is 9.59 Å². The Morgan fingerprint density at radius 3 is 2.58 bits per heavy atom. The van der Waals surface area contributed by atoms with E-state index in [-0.39, 0.29) is 0 Å². The molecule has 5 nitrogen and oxygen atoms in total. The first kappa shape index (κ1) is 13.1. The number of nitriles is 1. The molecule has 1 saturated carbocycles. The zero-order chi connectivity index (χ0) is 13.9. The van der Waals surface area contributed by atoms with E-state index in [2.05, 4.69) is 5.32 Å². The van der Waals surface area contributed by atoms with Gasteiger partial charge in [-0.05, 0) is 25.0 Å². The van der Waals surface area contributed by atoms with Crippen LogP contribution in [0.5, 0.6) is 0 Å². The van der Waals surface area contributed by atoms with E-state index >= 15 is 0 Å². The fourth-order valence-electron chi connectivity index (χ4n) is 2.18. The number of benzene rings is 1. The zero-order valence-electron chi connectivity index (χ0n) is 10.6. The fourth-order valence-corrected chi connectivity index (χ4v) is 2.18. The average Bonchev–Trinajstić information content (AvgIpc) is 2.37. The summed E-state index contributed by atoms with van der Waals surface area (Å²) in [5.41, 5.74) is -0.294. The van der Waals surface area contributed by atoms with Gasteiger partial charge in [-0.2, -0.15) is 5.26 Å². The summed E-state index contributed by atoms with van der Waals surface area (Å²) in [6, 6.07) is 8.69. The maximum absolute atomic E-state index is 12.3. The summed E-state index contributed by atoms with van der Waals surface area (Å²) in [5, 5.41) is 11.6. The summed E-state index contributed by atoms with van der Waals surface area (Å²) in [6.45, 7) is 0. The van der Waals surface area contributed by atoms with E-state index in [1.807, 2.05) is 6.07 Å². The Bertz CT molecular complexity index is 556. The van der Waals surface area contributed by atoms with Crippen LogP contribution >= 0.6 is 0 Å². The molecule has 0 heterocycles. The molecule has 5 heteroatoms. The van der Waals surface area contributed by atoms with Crippen LogP contribution in [-0.2, 0) is 14.3 Å². The minimum Gasteiger partial charge on any atom is -0.468 e. The Balaban J connectivity index is 2.21. The number of nitrogens with one attached hydrogen (secondary N) is 1. The predicted molar refractivity (Wildman–Crippen MR) is 68.1 cm³/mol. The molecule has 1 fully saturated rings. The van der Waals surface area contributed by atoms with Gasteiger partial charge in [0.15, 0.2) is 0 Å². The van der Waals surface area contributed by atoms with Crippen LogP contribution in [0.25, 0.3) is 0 Å². The Kier molecular flexibility index (Phi) is 3.52. The van der Waals surface area contributed by atoms with Crippen LogP contribution in [-0.4, -0.2) is 19.0 Å². The monoisotopic (exact) mass is 258 g/mol. The number of para-hydroxylation sites is 1. The molecule has 19 heavy (non-hydrogen) atoms. The van der Waals surface area contributed by atoms with Crippen molar-refractivity contribution in [2.75, 3.05) is 12.4 Å². The second-order valence-electron chi connectivity index (χ2n) is 4.54. The molecule has 0 saturated heterocycles. The van der Waals surface area contributed by atoms with Gasteiger partial charge in [-0.25, -0.2) is 0 Å². The quantitative estimate of drug-likeness (QED) is 0.662. The third-order valence-electron chi connectivity index (χ3n) is 3.51. The van der Waals surface area contributed by atoms with Gasteiger partial charge in [0.2, 0.25) is 5.91 Å². The number of anilines is 1. The van der Waals surface area contributed by atoms with Gasteiger partial charge in [-0.3, -0.25) is 9.59 Å². The molecule has 0 atom stereocenters. The topological polar surface area (TPSA) is 79.2 Å². The normalized spacial score (nSPS) is 15.8. The molecule has 0 aliphatic heterocycles. The molecular weight excluding hydrogens is 244 g/mol. The Morgan fingerprint density at radius 1 is 1.37 bits per heavy atom. The number of hydrogen-bond acceptors (Lipinski definition) is 4. The second kappa shape index (κ2) is 5.11. The molecule has 1 amide bonds. The number of esters is 1. The first-order valence-corrected chi connectivity index (χ1v) is 6.03. The summed E-state index contributed by atoms with van der Waals surface area (Å²) < 4.78 is 4.71. The molecule has 1 aromatic carbocycles. The largest absolute Gasteiger partial charge is 0.468 e. The van der Waals surface area contributed by atoms with E-state index in [1.54, 1.807) is 24.3 Å². The number of carbonyl (C=O) groups is 2. The summed E-state index contributed by atoms with van der Waals surface area (Å²) >= 11 is 0. The SMILES string of the molecule is COC(=O)C1(C(=O)Nc2ccccc2C#N)CCC1. The van der Waals surface area contributed by atoms with Crippen molar-refractivity contribution in [1.29, 1.82) is 5.26 Å². The lowest BCUT2D eigenvalue weighted by Gasteiger charge is -2.37. The summed E-state index contributed by atoms with van der Waals surface area (Å²) in [5.74, 6) is -0.904.